The molecule has 1 N–H and O–H groups in total. The Morgan fingerprint density at radius 2 is 2.32 bits per heavy atom. The molecule has 1 atom stereocenters. The quantitative estimate of drug-likeness (QED) is 0.880. The summed E-state index contributed by atoms with van der Waals surface area (Å²) in [5.41, 5.74) is 2.43. The third-order valence-electron chi connectivity index (χ3n) is 3.30. The summed E-state index contributed by atoms with van der Waals surface area (Å²) in [6, 6.07) is 2.40. The number of nitrogens with zero attached hydrogens (tertiary/aromatic N) is 2. The number of rotatable bonds is 6. The van der Waals surface area contributed by atoms with Crippen molar-refractivity contribution in [3.8, 4) is 0 Å². The molecule has 2 rings (SSSR count). The van der Waals surface area contributed by atoms with Gasteiger partial charge in [-0.2, -0.15) is 5.10 Å². The smallest absolute Gasteiger partial charge is 0.0590 e. The van der Waals surface area contributed by atoms with Crippen LogP contribution >= 0.6 is 22.9 Å². The minimum atomic E-state index is 0.325. The molecule has 0 aliphatic heterocycles. The van der Waals surface area contributed by atoms with E-state index < -0.39 is 0 Å². The Morgan fingerprint density at radius 1 is 1.53 bits per heavy atom. The molecule has 0 amide bonds. The summed E-state index contributed by atoms with van der Waals surface area (Å²) in [6.07, 6.45) is 3.88. The highest BCUT2D eigenvalue weighted by Crippen LogP contribution is 2.34. The first kappa shape index (κ1) is 14.6. The Kier molecular flexibility index (Phi) is 5.02. The van der Waals surface area contributed by atoms with Gasteiger partial charge in [-0.1, -0.05) is 18.5 Å². The van der Waals surface area contributed by atoms with Crippen LogP contribution in [0.4, 0.5) is 0 Å². The van der Waals surface area contributed by atoms with Gasteiger partial charge in [0.15, 0.2) is 0 Å². The lowest BCUT2D eigenvalue weighted by Gasteiger charge is -2.17. The van der Waals surface area contributed by atoms with Crippen LogP contribution in [0.5, 0.6) is 0 Å². The normalized spacial score (nSPS) is 12.8. The Hall–Kier alpha value is -0.840. The van der Waals surface area contributed by atoms with Gasteiger partial charge in [0, 0.05) is 29.9 Å². The zero-order valence-corrected chi connectivity index (χ0v) is 13.2. The highest BCUT2D eigenvalue weighted by atomic mass is 35.5. The van der Waals surface area contributed by atoms with Crippen molar-refractivity contribution < 1.29 is 0 Å². The molecule has 2 heterocycles. The molecule has 104 valence electrons. The van der Waals surface area contributed by atoms with Gasteiger partial charge in [0.2, 0.25) is 0 Å². The maximum atomic E-state index is 6.38. The van der Waals surface area contributed by atoms with Crippen LogP contribution in [0.25, 0.3) is 0 Å². The second-order valence-electron chi connectivity index (χ2n) is 4.69. The summed E-state index contributed by atoms with van der Waals surface area (Å²) >= 11 is 8.13. The predicted molar refractivity (Wildman–Crippen MR) is 82.0 cm³/mol. The lowest BCUT2D eigenvalue weighted by atomic mass is 10.1. The van der Waals surface area contributed by atoms with Crippen molar-refractivity contribution in [3.05, 3.63) is 38.8 Å². The van der Waals surface area contributed by atoms with Crippen LogP contribution in [0.1, 0.15) is 35.5 Å². The van der Waals surface area contributed by atoms with Crippen molar-refractivity contribution in [1.82, 2.24) is 15.1 Å². The first-order valence-electron chi connectivity index (χ1n) is 6.57. The topological polar surface area (TPSA) is 29.9 Å². The third kappa shape index (κ3) is 3.38. The minimum Gasteiger partial charge on any atom is -0.309 e. The number of hydrogen-bond acceptors (Lipinski definition) is 3. The van der Waals surface area contributed by atoms with Crippen LogP contribution in [-0.4, -0.2) is 16.3 Å². The van der Waals surface area contributed by atoms with Crippen LogP contribution in [0.2, 0.25) is 5.02 Å². The average molecular weight is 298 g/mol. The molecule has 0 aromatic carbocycles. The van der Waals surface area contributed by atoms with E-state index in [-0.39, 0.29) is 0 Å². The van der Waals surface area contributed by atoms with E-state index >= 15 is 0 Å². The average Bonchev–Trinajstić information content (AvgIpc) is 2.94. The third-order valence-corrected chi connectivity index (χ3v) is 5.13. The molecule has 2 aromatic heterocycles. The van der Waals surface area contributed by atoms with E-state index in [9.17, 15) is 0 Å². The number of aryl methyl sites for hydroxylation is 3. The SMILES string of the molecule is CCNC(CCc1ccnn1C)c1scc(C)c1Cl. The van der Waals surface area contributed by atoms with Gasteiger partial charge in [-0.15, -0.1) is 11.3 Å². The van der Waals surface area contributed by atoms with Gasteiger partial charge in [-0.3, -0.25) is 4.68 Å². The largest absolute Gasteiger partial charge is 0.309 e. The lowest BCUT2D eigenvalue weighted by Crippen LogP contribution is -2.21. The molecule has 0 saturated carbocycles. The summed E-state index contributed by atoms with van der Waals surface area (Å²) < 4.78 is 1.93. The Labute approximate surface area is 123 Å². The van der Waals surface area contributed by atoms with Crippen LogP contribution in [0, 0.1) is 6.92 Å². The zero-order valence-electron chi connectivity index (χ0n) is 11.6. The summed E-state index contributed by atoms with van der Waals surface area (Å²) in [7, 11) is 1.99. The van der Waals surface area contributed by atoms with Crippen molar-refractivity contribution in [2.45, 2.75) is 32.7 Å². The summed E-state index contributed by atoms with van der Waals surface area (Å²) in [5, 5.41) is 10.8. The molecule has 0 radical (unpaired) electrons. The highest BCUT2D eigenvalue weighted by Gasteiger charge is 2.17. The van der Waals surface area contributed by atoms with Gasteiger partial charge in [-0.25, -0.2) is 0 Å². The van der Waals surface area contributed by atoms with Gasteiger partial charge in [-0.05, 0) is 43.3 Å². The monoisotopic (exact) mass is 297 g/mol. The fraction of sp³-hybridized carbons (Fsp3) is 0.500. The lowest BCUT2D eigenvalue weighted by molar-refractivity contribution is 0.513. The van der Waals surface area contributed by atoms with Gasteiger partial charge in [0.1, 0.15) is 0 Å². The molecule has 0 spiro atoms. The highest BCUT2D eigenvalue weighted by molar-refractivity contribution is 7.10. The number of nitrogens with one attached hydrogen (secondary N) is 1. The maximum absolute atomic E-state index is 6.38. The van der Waals surface area contributed by atoms with Crippen molar-refractivity contribution >= 4 is 22.9 Å². The summed E-state index contributed by atoms with van der Waals surface area (Å²) in [6.45, 7) is 5.14. The van der Waals surface area contributed by atoms with E-state index in [0.29, 0.717) is 6.04 Å². The zero-order chi connectivity index (χ0) is 13.8. The predicted octanol–water partition coefficient (Wildman–Crippen LogP) is 3.73. The number of aromatic nitrogens is 2. The van der Waals surface area contributed by atoms with E-state index in [1.807, 2.05) is 17.9 Å². The standard InChI is InChI=1S/C14H20ClN3S/c1-4-16-12(14-13(15)10(2)9-19-14)6-5-11-7-8-17-18(11)3/h7-9,12,16H,4-6H2,1-3H3. The molecule has 2 aromatic rings. The van der Waals surface area contributed by atoms with Gasteiger partial charge < -0.3 is 5.32 Å². The molecule has 5 heteroatoms. The molecule has 0 fully saturated rings. The van der Waals surface area contributed by atoms with Crippen LogP contribution in [0.3, 0.4) is 0 Å². The van der Waals surface area contributed by atoms with Crippen LogP contribution in [-0.2, 0) is 13.5 Å². The molecule has 3 nitrogen and oxygen atoms in total. The molecular formula is C14H20ClN3S. The van der Waals surface area contributed by atoms with E-state index in [2.05, 4.69) is 35.7 Å². The van der Waals surface area contributed by atoms with Crippen molar-refractivity contribution in [1.29, 1.82) is 0 Å². The first-order valence-corrected chi connectivity index (χ1v) is 7.83. The second-order valence-corrected chi connectivity index (χ2v) is 5.98. The summed E-state index contributed by atoms with van der Waals surface area (Å²) in [5.74, 6) is 0. The number of hydrogen-bond donors (Lipinski definition) is 1. The first-order chi connectivity index (χ1) is 9.13. The molecular weight excluding hydrogens is 278 g/mol. The Morgan fingerprint density at radius 3 is 2.84 bits per heavy atom. The Bertz CT molecular complexity index is 533. The number of thiophene rings is 1. The van der Waals surface area contributed by atoms with Gasteiger partial charge in [0.05, 0.1) is 5.02 Å². The molecule has 1 unspecified atom stereocenters. The van der Waals surface area contributed by atoms with Crippen LogP contribution < -0.4 is 5.32 Å². The Balaban J connectivity index is 2.08. The van der Waals surface area contributed by atoms with Crippen molar-refractivity contribution in [2.75, 3.05) is 6.54 Å². The maximum Gasteiger partial charge on any atom is 0.0590 e. The van der Waals surface area contributed by atoms with Gasteiger partial charge >= 0.3 is 0 Å². The minimum absolute atomic E-state index is 0.325. The van der Waals surface area contributed by atoms with Gasteiger partial charge in [0.25, 0.3) is 0 Å². The van der Waals surface area contributed by atoms with Crippen LogP contribution in [0.15, 0.2) is 17.6 Å². The fourth-order valence-electron chi connectivity index (χ4n) is 2.20. The molecule has 19 heavy (non-hydrogen) atoms. The molecule has 0 aliphatic carbocycles. The van der Waals surface area contributed by atoms with E-state index in [1.165, 1.54) is 16.1 Å². The molecule has 0 bridgehead atoms. The van der Waals surface area contributed by atoms with Crippen molar-refractivity contribution in [2.24, 2.45) is 7.05 Å². The molecule has 0 saturated heterocycles. The van der Waals surface area contributed by atoms with Crippen molar-refractivity contribution in [3.63, 3.8) is 0 Å². The second kappa shape index (κ2) is 6.55. The van der Waals surface area contributed by atoms with E-state index in [1.54, 1.807) is 11.3 Å². The fourth-order valence-corrected chi connectivity index (χ4v) is 3.63. The molecule has 0 aliphatic rings. The van der Waals surface area contributed by atoms with E-state index in [4.69, 9.17) is 11.6 Å². The number of halogens is 1. The summed E-state index contributed by atoms with van der Waals surface area (Å²) in [4.78, 5) is 1.25. The van der Waals surface area contributed by atoms with E-state index in [0.717, 1.165) is 24.4 Å².